The van der Waals surface area contributed by atoms with Crippen molar-refractivity contribution in [2.24, 2.45) is 0 Å². The zero-order valence-corrected chi connectivity index (χ0v) is 18.8. The molecule has 0 saturated carbocycles. The third-order valence-corrected chi connectivity index (χ3v) is 10.8. The Morgan fingerprint density at radius 2 is 1.93 bits per heavy atom. The average Bonchev–Trinajstić information content (AvgIpc) is 3.12. The van der Waals surface area contributed by atoms with Crippen LogP contribution in [-0.4, -0.2) is 31.8 Å². The summed E-state index contributed by atoms with van der Waals surface area (Å²) in [6, 6.07) is 12.5. The van der Waals surface area contributed by atoms with E-state index in [0.29, 0.717) is 22.5 Å². The topological polar surface area (TPSA) is 72.2 Å². The summed E-state index contributed by atoms with van der Waals surface area (Å²) in [7, 11) is 3.77. The van der Waals surface area contributed by atoms with Gasteiger partial charge >= 0.3 is 0 Å². The normalized spacial score (nSPS) is 24.3. The van der Waals surface area contributed by atoms with Gasteiger partial charge in [-0.25, -0.2) is 0 Å². The van der Waals surface area contributed by atoms with Gasteiger partial charge in [-0.2, -0.15) is 0 Å². The molecule has 1 saturated heterocycles. The van der Waals surface area contributed by atoms with Crippen LogP contribution in [0.15, 0.2) is 42.5 Å². The number of rotatable bonds is 5. The van der Waals surface area contributed by atoms with Crippen molar-refractivity contribution < 1.29 is 9.72 Å². The summed E-state index contributed by atoms with van der Waals surface area (Å²) < 4.78 is 0.286. The molecular weight excluding hydrogens is 424 g/mol. The Bertz CT molecular complexity index is 962. The van der Waals surface area contributed by atoms with Crippen LogP contribution in [0.2, 0.25) is 0 Å². The Kier molecular flexibility index (Phi) is 5.61. The van der Waals surface area contributed by atoms with Crippen LogP contribution in [-0.2, 0) is 0 Å². The molecule has 5 nitrogen and oxygen atoms in total. The maximum atomic E-state index is 12.7. The number of hydrogen-bond donors (Lipinski definition) is 1. The van der Waals surface area contributed by atoms with Crippen LogP contribution in [0.1, 0.15) is 41.3 Å². The number of carbonyl (C=O) groups excluding carboxylic acids is 1. The molecule has 1 N–H and O–H groups in total. The number of nitrogens with zero attached hydrogens (tertiary/aromatic N) is 1. The SMILES string of the molecule is Cc1ccc2c(c1)C1C(SCC(=O)c3ccc([N+](=O)[O-])cc3)SSC1C(C)(C)N2. The highest BCUT2D eigenvalue weighted by molar-refractivity contribution is 8.79. The van der Waals surface area contributed by atoms with Crippen LogP contribution in [0, 0.1) is 17.0 Å². The van der Waals surface area contributed by atoms with Gasteiger partial charge in [-0.1, -0.05) is 39.3 Å². The van der Waals surface area contributed by atoms with E-state index in [4.69, 9.17) is 0 Å². The van der Waals surface area contributed by atoms with Crippen molar-refractivity contribution in [3.05, 3.63) is 69.3 Å². The van der Waals surface area contributed by atoms with E-state index in [1.165, 1.54) is 28.9 Å². The van der Waals surface area contributed by atoms with E-state index in [2.05, 4.69) is 44.3 Å². The first-order chi connectivity index (χ1) is 13.8. The largest absolute Gasteiger partial charge is 0.379 e. The molecule has 152 valence electrons. The molecule has 1 fully saturated rings. The molecule has 0 bridgehead atoms. The molecule has 2 aromatic carbocycles. The van der Waals surface area contributed by atoms with Crippen molar-refractivity contribution in [1.29, 1.82) is 0 Å². The molecule has 0 aromatic heterocycles. The molecule has 0 radical (unpaired) electrons. The lowest BCUT2D eigenvalue weighted by Gasteiger charge is -2.43. The second kappa shape index (κ2) is 7.89. The van der Waals surface area contributed by atoms with E-state index in [0.717, 1.165) is 0 Å². The van der Waals surface area contributed by atoms with E-state index in [-0.39, 0.29) is 21.6 Å². The number of ketones is 1. The van der Waals surface area contributed by atoms with Crippen LogP contribution in [0.5, 0.6) is 0 Å². The van der Waals surface area contributed by atoms with Gasteiger partial charge in [0.15, 0.2) is 5.78 Å². The van der Waals surface area contributed by atoms with Crippen molar-refractivity contribution in [2.75, 3.05) is 11.1 Å². The van der Waals surface area contributed by atoms with Crippen molar-refractivity contribution in [1.82, 2.24) is 0 Å². The van der Waals surface area contributed by atoms with Crippen LogP contribution in [0.4, 0.5) is 11.4 Å². The molecule has 0 aliphatic carbocycles. The lowest BCUT2D eigenvalue weighted by molar-refractivity contribution is -0.384. The first-order valence-electron chi connectivity index (χ1n) is 9.36. The Morgan fingerprint density at radius 3 is 2.62 bits per heavy atom. The van der Waals surface area contributed by atoms with E-state index >= 15 is 0 Å². The summed E-state index contributed by atoms with van der Waals surface area (Å²) in [4.78, 5) is 23.0. The van der Waals surface area contributed by atoms with E-state index < -0.39 is 4.92 Å². The molecule has 0 amide bonds. The number of aryl methyl sites for hydroxylation is 1. The summed E-state index contributed by atoms with van der Waals surface area (Å²) in [6.45, 7) is 6.61. The van der Waals surface area contributed by atoms with Crippen molar-refractivity contribution in [2.45, 2.75) is 42.1 Å². The molecule has 8 heteroatoms. The van der Waals surface area contributed by atoms with Crippen molar-refractivity contribution >= 4 is 50.5 Å². The molecule has 2 aromatic rings. The minimum atomic E-state index is -0.451. The predicted octanol–water partition coefficient (Wildman–Crippen LogP) is 5.90. The maximum absolute atomic E-state index is 12.7. The number of fused-ring (bicyclic) bond motifs is 3. The average molecular weight is 447 g/mol. The Balaban J connectivity index is 1.51. The fourth-order valence-corrected chi connectivity index (χ4v) is 9.92. The first-order valence-corrected chi connectivity index (χ1v) is 12.7. The van der Waals surface area contributed by atoms with Crippen molar-refractivity contribution in [3.8, 4) is 0 Å². The number of benzene rings is 2. The van der Waals surface area contributed by atoms with Crippen LogP contribution in [0.3, 0.4) is 0 Å². The zero-order valence-electron chi connectivity index (χ0n) is 16.4. The fraction of sp³-hybridized carbons (Fsp3) is 0.381. The van der Waals surface area contributed by atoms with Gasteiger partial charge in [0.25, 0.3) is 5.69 Å². The quantitative estimate of drug-likeness (QED) is 0.265. The maximum Gasteiger partial charge on any atom is 0.269 e. The van der Waals surface area contributed by atoms with E-state index in [1.54, 1.807) is 23.9 Å². The number of anilines is 1. The Hall–Kier alpha value is -1.64. The summed E-state index contributed by atoms with van der Waals surface area (Å²) in [5.41, 5.74) is 4.28. The van der Waals surface area contributed by atoms with Crippen molar-refractivity contribution in [3.63, 3.8) is 0 Å². The van der Waals surface area contributed by atoms with Gasteiger partial charge in [-0.15, -0.1) is 11.8 Å². The van der Waals surface area contributed by atoms with Gasteiger partial charge in [0, 0.05) is 40.1 Å². The summed E-state index contributed by atoms with van der Waals surface area (Å²) in [5, 5.41) is 14.9. The number of nitrogens with one attached hydrogen (secondary N) is 1. The number of nitro groups is 1. The molecule has 29 heavy (non-hydrogen) atoms. The van der Waals surface area contributed by atoms with Crippen LogP contribution in [0.25, 0.3) is 0 Å². The van der Waals surface area contributed by atoms with E-state index in [9.17, 15) is 14.9 Å². The second-order valence-corrected chi connectivity index (χ2v) is 12.0. The second-order valence-electron chi connectivity index (χ2n) is 7.98. The van der Waals surface area contributed by atoms with Gasteiger partial charge in [0.1, 0.15) is 0 Å². The van der Waals surface area contributed by atoms with Crippen LogP contribution < -0.4 is 5.32 Å². The minimum absolute atomic E-state index is 0.00343. The summed E-state index contributed by atoms with van der Waals surface area (Å²) >= 11 is 1.68. The number of carbonyl (C=O) groups is 1. The number of thioether (sulfide) groups is 1. The predicted molar refractivity (Wildman–Crippen MR) is 124 cm³/mol. The standard InChI is InChI=1S/C21H22N2O3S3/c1-12-4-9-16-15(10-12)18-19(21(2,3)22-16)28-29-20(18)27-11-17(24)13-5-7-14(8-6-13)23(25)26/h4-10,18-20,22H,11H2,1-3H3. The number of Topliss-reactive ketones (excluding diaryl/α,β-unsaturated/α-hetero) is 1. The molecule has 4 rings (SSSR count). The summed E-state index contributed by atoms with van der Waals surface area (Å²) in [5.74, 6) is 0.747. The summed E-state index contributed by atoms with van der Waals surface area (Å²) in [6.07, 6.45) is 0. The monoisotopic (exact) mass is 446 g/mol. The van der Waals surface area contributed by atoms with Crippen LogP contribution >= 0.6 is 33.3 Å². The molecule has 0 spiro atoms. The third kappa shape index (κ3) is 4.02. The fourth-order valence-electron chi connectivity index (χ4n) is 3.89. The highest BCUT2D eigenvalue weighted by Gasteiger charge is 2.50. The Morgan fingerprint density at radius 1 is 1.21 bits per heavy atom. The lowest BCUT2D eigenvalue weighted by atomic mass is 9.80. The van der Waals surface area contributed by atoms with Gasteiger partial charge in [0.05, 0.1) is 15.3 Å². The molecule has 3 unspecified atom stereocenters. The third-order valence-electron chi connectivity index (χ3n) is 5.39. The number of nitro benzene ring substituents is 1. The molecular formula is C21H22N2O3S3. The van der Waals surface area contributed by atoms with Gasteiger partial charge in [0.2, 0.25) is 0 Å². The molecule has 2 aliphatic heterocycles. The first kappa shape index (κ1) is 20.6. The number of non-ortho nitro benzene ring substituents is 1. The molecule has 2 aliphatic rings. The highest BCUT2D eigenvalue weighted by Crippen LogP contribution is 2.62. The zero-order chi connectivity index (χ0) is 20.8. The van der Waals surface area contributed by atoms with Gasteiger partial charge in [-0.3, -0.25) is 14.9 Å². The smallest absolute Gasteiger partial charge is 0.269 e. The number of hydrogen-bond acceptors (Lipinski definition) is 7. The minimum Gasteiger partial charge on any atom is -0.379 e. The van der Waals surface area contributed by atoms with E-state index in [1.807, 2.05) is 21.6 Å². The molecule has 2 heterocycles. The molecule has 3 atom stereocenters. The van der Waals surface area contributed by atoms with Gasteiger partial charge in [-0.05, 0) is 44.5 Å². The lowest BCUT2D eigenvalue weighted by Crippen LogP contribution is -2.48. The highest BCUT2D eigenvalue weighted by atomic mass is 33.1. The van der Waals surface area contributed by atoms with Gasteiger partial charge < -0.3 is 5.32 Å². The Labute approximate surface area is 182 Å².